The van der Waals surface area contributed by atoms with Gasteiger partial charge < -0.3 is 9.64 Å². The lowest BCUT2D eigenvalue weighted by molar-refractivity contribution is -0.180. The lowest BCUT2D eigenvalue weighted by Crippen LogP contribution is -2.40. The molecule has 0 unspecified atom stereocenters. The van der Waals surface area contributed by atoms with Crippen LogP contribution in [-0.4, -0.2) is 50.8 Å². The number of aryl methyl sites for hydroxylation is 3. The maximum Gasteiger partial charge on any atom is 0.392 e. The van der Waals surface area contributed by atoms with E-state index in [9.17, 15) is 13.2 Å². The predicted octanol–water partition coefficient (Wildman–Crippen LogP) is 4.55. The number of aromatic nitrogens is 5. The molecule has 3 aromatic heterocycles. The molecule has 0 N–H and O–H groups in total. The SMILES string of the molecule is Cc1cc([C@H]2CN(c3nc(C45CC(C4)[C@@H](C(F)(F)F)C5)c4nc(C)c(C)nc4n3)CCO2)ccn1. The van der Waals surface area contributed by atoms with Gasteiger partial charge in [-0.3, -0.25) is 4.98 Å². The van der Waals surface area contributed by atoms with Crippen LogP contribution in [-0.2, 0) is 10.2 Å². The molecular weight excluding hydrogens is 457 g/mol. The first-order valence-electron chi connectivity index (χ1n) is 12.0. The Hall–Kier alpha value is -2.88. The smallest absolute Gasteiger partial charge is 0.370 e. The second kappa shape index (κ2) is 7.81. The van der Waals surface area contributed by atoms with E-state index in [1.807, 2.05) is 37.8 Å². The second-order valence-corrected chi connectivity index (χ2v) is 10.3. The molecule has 0 spiro atoms. The molecule has 184 valence electrons. The number of fused-ring (bicyclic) bond motifs is 2. The van der Waals surface area contributed by atoms with Crippen LogP contribution in [0.2, 0.25) is 0 Å². The summed E-state index contributed by atoms with van der Waals surface area (Å²) in [5.41, 5.74) is 4.42. The quantitative estimate of drug-likeness (QED) is 0.540. The predicted molar refractivity (Wildman–Crippen MR) is 123 cm³/mol. The van der Waals surface area contributed by atoms with Crippen molar-refractivity contribution in [2.75, 3.05) is 24.6 Å². The number of alkyl halides is 3. The van der Waals surface area contributed by atoms with Gasteiger partial charge in [-0.1, -0.05) is 0 Å². The molecule has 2 atom stereocenters. The molecule has 1 saturated heterocycles. The zero-order valence-corrected chi connectivity index (χ0v) is 19.9. The Balaban J connectivity index is 1.41. The summed E-state index contributed by atoms with van der Waals surface area (Å²) in [6, 6.07) is 3.94. The first kappa shape index (κ1) is 22.6. The average molecular weight is 485 g/mol. The van der Waals surface area contributed by atoms with Crippen molar-refractivity contribution in [3.63, 3.8) is 0 Å². The van der Waals surface area contributed by atoms with Crippen molar-refractivity contribution in [1.29, 1.82) is 0 Å². The zero-order valence-electron chi connectivity index (χ0n) is 19.9. The van der Waals surface area contributed by atoms with Crippen LogP contribution in [0.15, 0.2) is 18.3 Å². The van der Waals surface area contributed by atoms with Gasteiger partial charge in [0, 0.05) is 23.9 Å². The highest BCUT2D eigenvalue weighted by Gasteiger charge is 2.65. The van der Waals surface area contributed by atoms with Crippen molar-refractivity contribution in [2.45, 2.75) is 57.7 Å². The van der Waals surface area contributed by atoms with Crippen LogP contribution in [0.5, 0.6) is 0 Å². The van der Waals surface area contributed by atoms with Crippen molar-refractivity contribution in [2.24, 2.45) is 11.8 Å². The van der Waals surface area contributed by atoms with E-state index in [0.717, 1.165) is 22.6 Å². The molecule has 1 aliphatic heterocycles. The van der Waals surface area contributed by atoms with Gasteiger partial charge in [-0.2, -0.15) is 18.2 Å². The molecule has 0 aromatic carbocycles. The molecule has 4 heterocycles. The first-order valence-corrected chi connectivity index (χ1v) is 12.0. The van der Waals surface area contributed by atoms with Crippen molar-refractivity contribution < 1.29 is 17.9 Å². The molecule has 35 heavy (non-hydrogen) atoms. The van der Waals surface area contributed by atoms with Gasteiger partial charge in [0.15, 0.2) is 5.65 Å². The molecule has 0 amide bonds. The third-order valence-electron chi connectivity index (χ3n) is 7.98. The van der Waals surface area contributed by atoms with E-state index in [2.05, 4.69) is 9.97 Å². The van der Waals surface area contributed by atoms with E-state index < -0.39 is 17.5 Å². The molecule has 7 nitrogen and oxygen atoms in total. The highest BCUT2D eigenvalue weighted by atomic mass is 19.4. The highest BCUT2D eigenvalue weighted by Crippen LogP contribution is 2.66. The average Bonchev–Trinajstić information content (AvgIpc) is 3.38. The van der Waals surface area contributed by atoms with Gasteiger partial charge in [0.1, 0.15) is 11.6 Å². The molecule has 3 aromatic rings. The Morgan fingerprint density at radius 3 is 2.51 bits per heavy atom. The van der Waals surface area contributed by atoms with Crippen LogP contribution >= 0.6 is 0 Å². The van der Waals surface area contributed by atoms with Crippen LogP contribution < -0.4 is 4.90 Å². The molecule has 3 aliphatic carbocycles. The van der Waals surface area contributed by atoms with Crippen molar-refractivity contribution >= 4 is 17.1 Å². The summed E-state index contributed by atoms with van der Waals surface area (Å²) in [5.74, 6) is -1.14. The fourth-order valence-electron chi connectivity index (χ4n) is 6.07. The van der Waals surface area contributed by atoms with Gasteiger partial charge in [-0.15, -0.1) is 0 Å². The topological polar surface area (TPSA) is 76.9 Å². The molecule has 7 rings (SSSR count). The summed E-state index contributed by atoms with van der Waals surface area (Å²) < 4.78 is 47.0. The van der Waals surface area contributed by atoms with Crippen molar-refractivity contribution in [3.05, 3.63) is 46.7 Å². The van der Waals surface area contributed by atoms with Gasteiger partial charge in [0.2, 0.25) is 5.95 Å². The minimum Gasteiger partial charge on any atom is -0.370 e. The van der Waals surface area contributed by atoms with E-state index in [4.69, 9.17) is 19.7 Å². The molecular formula is C25H27F3N6O. The van der Waals surface area contributed by atoms with Crippen LogP contribution in [0.25, 0.3) is 11.2 Å². The summed E-state index contributed by atoms with van der Waals surface area (Å²) in [5, 5.41) is 0. The maximum absolute atomic E-state index is 13.7. The molecule has 2 bridgehead atoms. The summed E-state index contributed by atoms with van der Waals surface area (Å²) in [6.45, 7) is 7.28. The first-order chi connectivity index (χ1) is 16.6. The van der Waals surface area contributed by atoms with E-state index in [1.165, 1.54) is 0 Å². The minimum absolute atomic E-state index is 0.0589. The van der Waals surface area contributed by atoms with E-state index in [1.54, 1.807) is 6.20 Å². The van der Waals surface area contributed by atoms with Gasteiger partial charge in [-0.25, -0.2) is 15.0 Å². The van der Waals surface area contributed by atoms with Gasteiger partial charge in [0.25, 0.3) is 0 Å². The Bertz CT molecular complexity index is 1310. The number of rotatable bonds is 3. The van der Waals surface area contributed by atoms with E-state index in [-0.39, 0.29) is 18.4 Å². The van der Waals surface area contributed by atoms with Crippen LogP contribution in [0.4, 0.5) is 19.1 Å². The van der Waals surface area contributed by atoms with Crippen molar-refractivity contribution in [1.82, 2.24) is 24.9 Å². The maximum atomic E-state index is 13.7. The molecule has 3 saturated carbocycles. The lowest BCUT2D eigenvalue weighted by Gasteiger charge is -2.39. The third-order valence-corrected chi connectivity index (χ3v) is 7.98. The molecule has 4 aliphatic rings. The zero-order chi connectivity index (χ0) is 24.5. The number of hydrogen-bond acceptors (Lipinski definition) is 7. The summed E-state index contributed by atoms with van der Waals surface area (Å²) in [6.07, 6.45) is -1.57. The largest absolute Gasteiger partial charge is 0.392 e. The minimum atomic E-state index is -4.19. The number of anilines is 1. The van der Waals surface area contributed by atoms with E-state index >= 15 is 0 Å². The molecule has 4 fully saturated rings. The Kier molecular flexibility index (Phi) is 5.04. The van der Waals surface area contributed by atoms with Crippen LogP contribution in [0.1, 0.15) is 53.7 Å². The number of hydrogen-bond donors (Lipinski definition) is 0. The fraction of sp³-hybridized carbons (Fsp3) is 0.560. The number of ether oxygens (including phenoxy) is 1. The monoisotopic (exact) mass is 484 g/mol. The lowest BCUT2D eigenvalue weighted by atomic mass is 9.67. The van der Waals surface area contributed by atoms with Crippen LogP contribution in [0, 0.1) is 32.6 Å². The summed E-state index contributed by atoms with van der Waals surface area (Å²) >= 11 is 0. The standard InChI is InChI=1S/C25H27F3N6O/c1-13-8-16(4-5-29-13)19-12-34(6-7-35-19)23-32-21(20-22(33-23)31-15(3)14(2)30-20)24-9-17(10-24)18(11-24)25(26,27)28/h4-5,8,17-19H,6-7,9-12H2,1-3H3/t17?,18-,19+,24?/m0/s1. The number of morpholine rings is 1. The van der Waals surface area contributed by atoms with E-state index in [0.29, 0.717) is 55.3 Å². The van der Waals surface area contributed by atoms with Crippen molar-refractivity contribution in [3.8, 4) is 0 Å². The Labute approximate surface area is 201 Å². The number of nitrogens with zero attached hydrogens (tertiary/aromatic N) is 6. The molecule has 0 radical (unpaired) electrons. The Morgan fingerprint density at radius 2 is 1.80 bits per heavy atom. The summed E-state index contributed by atoms with van der Waals surface area (Å²) in [4.78, 5) is 25.4. The van der Waals surface area contributed by atoms with Crippen LogP contribution in [0.3, 0.4) is 0 Å². The van der Waals surface area contributed by atoms with Gasteiger partial charge in [-0.05, 0) is 63.6 Å². The molecule has 10 heteroatoms. The third kappa shape index (κ3) is 3.73. The summed E-state index contributed by atoms with van der Waals surface area (Å²) in [7, 11) is 0. The second-order valence-electron chi connectivity index (χ2n) is 10.3. The Morgan fingerprint density at radius 1 is 1.03 bits per heavy atom. The van der Waals surface area contributed by atoms with Gasteiger partial charge >= 0.3 is 6.18 Å². The van der Waals surface area contributed by atoms with Gasteiger partial charge in [0.05, 0.1) is 36.2 Å². The normalized spacial score (nSPS) is 28.4. The highest BCUT2D eigenvalue weighted by molar-refractivity contribution is 5.76. The fourth-order valence-corrected chi connectivity index (χ4v) is 6.07. The number of halogens is 3. The number of pyridine rings is 1.